The van der Waals surface area contributed by atoms with Crippen molar-refractivity contribution in [2.75, 3.05) is 0 Å². The Morgan fingerprint density at radius 2 is 1.50 bits per heavy atom. The summed E-state index contributed by atoms with van der Waals surface area (Å²) >= 11 is 0. The van der Waals surface area contributed by atoms with Crippen LogP contribution in [0.4, 0.5) is 0 Å². The van der Waals surface area contributed by atoms with Gasteiger partial charge in [-0.15, -0.1) is 13.2 Å². The summed E-state index contributed by atoms with van der Waals surface area (Å²) < 4.78 is 0. The van der Waals surface area contributed by atoms with E-state index >= 15 is 0 Å². The number of aryl methyl sites for hydroxylation is 2. The first-order valence-corrected chi connectivity index (χ1v) is 5.61. The molecule has 0 radical (unpaired) electrons. The van der Waals surface area contributed by atoms with E-state index in [1.807, 2.05) is 12.2 Å². The molecule has 1 aromatic carbocycles. The van der Waals surface area contributed by atoms with E-state index in [4.69, 9.17) is 5.73 Å². The maximum Gasteiger partial charge on any atom is 0.0479 e. The number of benzene rings is 1. The summed E-state index contributed by atoms with van der Waals surface area (Å²) in [7, 11) is 0. The molecule has 0 spiro atoms. The standard InChI is InChI=1S/C15H21N/c1-5-7-15(16,8-6-2)14-10-12(3)9-13(4)11-14/h5-6,9-11H,1-2,7-8,16H2,3-4H3. The Morgan fingerprint density at radius 1 is 1.06 bits per heavy atom. The van der Waals surface area contributed by atoms with Crippen LogP contribution in [0.15, 0.2) is 43.5 Å². The third kappa shape index (κ3) is 2.83. The largest absolute Gasteiger partial charge is 0.321 e. The number of hydrogen-bond acceptors (Lipinski definition) is 1. The first-order valence-electron chi connectivity index (χ1n) is 5.61. The lowest BCUT2D eigenvalue weighted by Crippen LogP contribution is -2.35. The van der Waals surface area contributed by atoms with Crippen LogP contribution in [-0.2, 0) is 5.54 Å². The molecule has 0 aliphatic rings. The van der Waals surface area contributed by atoms with Crippen LogP contribution in [0, 0.1) is 13.8 Å². The lowest BCUT2D eigenvalue weighted by Gasteiger charge is -2.28. The van der Waals surface area contributed by atoms with Gasteiger partial charge in [0.1, 0.15) is 0 Å². The molecule has 16 heavy (non-hydrogen) atoms. The van der Waals surface area contributed by atoms with Gasteiger partial charge < -0.3 is 5.73 Å². The van der Waals surface area contributed by atoms with Gasteiger partial charge in [-0.1, -0.05) is 41.5 Å². The van der Waals surface area contributed by atoms with Gasteiger partial charge in [0.25, 0.3) is 0 Å². The Hall–Kier alpha value is -1.34. The monoisotopic (exact) mass is 215 g/mol. The van der Waals surface area contributed by atoms with Crippen molar-refractivity contribution in [2.45, 2.75) is 32.2 Å². The van der Waals surface area contributed by atoms with Crippen LogP contribution < -0.4 is 5.73 Å². The fraction of sp³-hybridized carbons (Fsp3) is 0.333. The lowest BCUT2D eigenvalue weighted by molar-refractivity contribution is 0.456. The molecule has 0 bridgehead atoms. The predicted octanol–water partition coefficient (Wildman–Crippen LogP) is 3.61. The zero-order valence-corrected chi connectivity index (χ0v) is 10.3. The van der Waals surface area contributed by atoms with Crippen molar-refractivity contribution >= 4 is 0 Å². The third-order valence-corrected chi connectivity index (χ3v) is 2.81. The molecule has 0 unspecified atom stereocenters. The van der Waals surface area contributed by atoms with Gasteiger partial charge in [-0.05, 0) is 32.3 Å². The van der Waals surface area contributed by atoms with Crippen molar-refractivity contribution in [1.82, 2.24) is 0 Å². The maximum absolute atomic E-state index is 6.44. The van der Waals surface area contributed by atoms with Crippen LogP contribution in [0.2, 0.25) is 0 Å². The highest BCUT2D eigenvalue weighted by atomic mass is 14.7. The minimum Gasteiger partial charge on any atom is -0.321 e. The zero-order valence-electron chi connectivity index (χ0n) is 10.3. The number of nitrogens with two attached hydrogens (primary N) is 1. The van der Waals surface area contributed by atoms with Gasteiger partial charge in [0.05, 0.1) is 0 Å². The van der Waals surface area contributed by atoms with Gasteiger partial charge in [0.15, 0.2) is 0 Å². The SMILES string of the molecule is C=CCC(N)(CC=C)c1cc(C)cc(C)c1. The summed E-state index contributed by atoms with van der Waals surface area (Å²) in [6.07, 6.45) is 5.28. The molecule has 0 fully saturated rings. The number of hydrogen-bond donors (Lipinski definition) is 1. The topological polar surface area (TPSA) is 26.0 Å². The molecule has 0 aliphatic heterocycles. The molecule has 0 heterocycles. The first-order chi connectivity index (χ1) is 7.51. The van der Waals surface area contributed by atoms with Crippen molar-refractivity contribution < 1.29 is 0 Å². The second-order valence-electron chi connectivity index (χ2n) is 4.52. The first kappa shape index (κ1) is 12.7. The molecule has 0 amide bonds. The normalized spacial score (nSPS) is 11.2. The molecular formula is C15H21N. The summed E-state index contributed by atoms with van der Waals surface area (Å²) in [6.45, 7) is 11.8. The van der Waals surface area contributed by atoms with Gasteiger partial charge in [0, 0.05) is 5.54 Å². The minimum absolute atomic E-state index is 0.361. The van der Waals surface area contributed by atoms with Gasteiger partial charge in [0.2, 0.25) is 0 Å². The van der Waals surface area contributed by atoms with E-state index in [2.05, 4.69) is 45.2 Å². The van der Waals surface area contributed by atoms with E-state index in [1.54, 1.807) is 0 Å². The van der Waals surface area contributed by atoms with E-state index < -0.39 is 0 Å². The fourth-order valence-electron chi connectivity index (χ4n) is 2.10. The lowest BCUT2D eigenvalue weighted by atomic mass is 9.83. The van der Waals surface area contributed by atoms with E-state index in [9.17, 15) is 0 Å². The third-order valence-electron chi connectivity index (χ3n) is 2.81. The molecule has 1 heteroatoms. The summed E-state index contributed by atoms with van der Waals surface area (Å²) in [6, 6.07) is 6.46. The van der Waals surface area contributed by atoms with Gasteiger partial charge in [-0.25, -0.2) is 0 Å². The predicted molar refractivity (Wildman–Crippen MR) is 71.4 cm³/mol. The molecule has 2 N–H and O–H groups in total. The molecular weight excluding hydrogens is 194 g/mol. The minimum atomic E-state index is -0.361. The fourth-order valence-corrected chi connectivity index (χ4v) is 2.10. The smallest absolute Gasteiger partial charge is 0.0479 e. The van der Waals surface area contributed by atoms with Crippen molar-refractivity contribution in [3.8, 4) is 0 Å². The van der Waals surface area contributed by atoms with Crippen LogP contribution in [0.3, 0.4) is 0 Å². The summed E-state index contributed by atoms with van der Waals surface area (Å²) in [5.74, 6) is 0. The maximum atomic E-state index is 6.44. The summed E-state index contributed by atoms with van der Waals surface area (Å²) in [5, 5.41) is 0. The average molecular weight is 215 g/mol. The molecule has 0 aliphatic carbocycles. The van der Waals surface area contributed by atoms with E-state index in [-0.39, 0.29) is 5.54 Å². The molecule has 0 aromatic heterocycles. The van der Waals surface area contributed by atoms with Crippen molar-refractivity contribution in [1.29, 1.82) is 0 Å². The molecule has 86 valence electrons. The molecule has 0 atom stereocenters. The molecule has 1 rings (SSSR count). The second kappa shape index (κ2) is 5.13. The highest BCUT2D eigenvalue weighted by Crippen LogP contribution is 2.28. The highest BCUT2D eigenvalue weighted by molar-refractivity contribution is 5.34. The van der Waals surface area contributed by atoms with Crippen molar-refractivity contribution in [3.05, 3.63) is 60.2 Å². The van der Waals surface area contributed by atoms with Crippen LogP contribution in [0.5, 0.6) is 0 Å². The zero-order chi connectivity index (χ0) is 12.2. The Morgan fingerprint density at radius 3 is 1.88 bits per heavy atom. The Labute approximate surface area is 98.7 Å². The van der Waals surface area contributed by atoms with Crippen LogP contribution >= 0.6 is 0 Å². The Balaban J connectivity index is 3.18. The van der Waals surface area contributed by atoms with Crippen molar-refractivity contribution in [3.63, 3.8) is 0 Å². The van der Waals surface area contributed by atoms with Gasteiger partial charge in [-0.2, -0.15) is 0 Å². The second-order valence-corrected chi connectivity index (χ2v) is 4.52. The molecule has 1 aromatic rings. The number of rotatable bonds is 5. The quantitative estimate of drug-likeness (QED) is 0.746. The Kier molecular flexibility index (Phi) is 4.08. The van der Waals surface area contributed by atoms with Gasteiger partial charge in [-0.3, -0.25) is 0 Å². The highest BCUT2D eigenvalue weighted by Gasteiger charge is 2.24. The molecule has 0 saturated heterocycles. The molecule has 1 nitrogen and oxygen atoms in total. The van der Waals surface area contributed by atoms with Crippen molar-refractivity contribution in [2.24, 2.45) is 5.73 Å². The summed E-state index contributed by atoms with van der Waals surface area (Å²) in [4.78, 5) is 0. The molecule has 0 saturated carbocycles. The Bertz CT molecular complexity index is 360. The van der Waals surface area contributed by atoms with E-state index in [1.165, 1.54) is 16.7 Å². The average Bonchev–Trinajstić information content (AvgIpc) is 2.16. The van der Waals surface area contributed by atoms with Crippen LogP contribution in [0.1, 0.15) is 29.5 Å². The summed E-state index contributed by atoms with van der Waals surface area (Å²) in [5.41, 5.74) is 9.74. The van der Waals surface area contributed by atoms with E-state index in [0.717, 1.165) is 12.8 Å². The van der Waals surface area contributed by atoms with E-state index in [0.29, 0.717) is 0 Å². The van der Waals surface area contributed by atoms with Gasteiger partial charge >= 0.3 is 0 Å². The van der Waals surface area contributed by atoms with Crippen LogP contribution in [-0.4, -0.2) is 0 Å². The van der Waals surface area contributed by atoms with Crippen LogP contribution in [0.25, 0.3) is 0 Å².